The van der Waals surface area contributed by atoms with Crippen LogP contribution in [0.4, 0.5) is 15.8 Å². The van der Waals surface area contributed by atoms with Gasteiger partial charge in [-0.25, -0.2) is 9.38 Å². The van der Waals surface area contributed by atoms with Gasteiger partial charge in [-0.3, -0.25) is 14.5 Å². The summed E-state index contributed by atoms with van der Waals surface area (Å²) in [6.45, 7) is 0. The van der Waals surface area contributed by atoms with E-state index < -0.39 is 17.0 Å². The average Bonchev–Trinajstić information content (AvgIpc) is 2.85. The number of rotatable bonds is 4. The number of aliphatic imine (C=N–C) groups is 1. The molecule has 1 saturated heterocycles. The number of thioether (sulfide) groups is 1. The lowest BCUT2D eigenvalue weighted by Crippen LogP contribution is -2.30. The molecule has 3 rings (SSSR count). The van der Waals surface area contributed by atoms with Crippen LogP contribution < -0.4 is 5.32 Å². The molecule has 1 atom stereocenters. The number of carbonyl (C=O) groups is 2. The summed E-state index contributed by atoms with van der Waals surface area (Å²) in [5, 5.41) is 2.92. The molecular formula is C18H15ClFN3O2S. The van der Waals surface area contributed by atoms with E-state index in [2.05, 4.69) is 10.3 Å². The fraction of sp³-hybridized carbons (Fsp3) is 0.167. The number of hydrogen-bond acceptors (Lipinski definition) is 4. The Morgan fingerprint density at radius 3 is 2.81 bits per heavy atom. The highest BCUT2D eigenvalue weighted by Gasteiger charge is 2.37. The van der Waals surface area contributed by atoms with Gasteiger partial charge in [0.1, 0.15) is 11.1 Å². The second kappa shape index (κ2) is 7.88. The molecule has 0 spiro atoms. The van der Waals surface area contributed by atoms with Gasteiger partial charge in [-0.15, -0.1) is 0 Å². The zero-order valence-corrected chi connectivity index (χ0v) is 15.4. The van der Waals surface area contributed by atoms with Crippen molar-refractivity contribution < 1.29 is 14.0 Å². The molecule has 2 aromatic carbocycles. The minimum atomic E-state index is -0.607. The lowest BCUT2D eigenvalue weighted by atomic mass is 10.2. The molecule has 2 aromatic rings. The number of para-hydroxylation sites is 1. The maximum Gasteiger partial charge on any atom is 0.242 e. The quantitative estimate of drug-likeness (QED) is 0.854. The van der Waals surface area contributed by atoms with Crippen molar-refractivity contribution in [3.63, 3.8) is 0 Å². The lowest BCUT2D eigenvalue weighted by Gasteiger charge is -2.09. The highest BCUT2D eigenvalue weighted by molar-refractivity contribution is 8.15. The molecule has 1 aliphatic heterocycles. The van der Waals surface area contributed by atoms with Crippen LogP contribution in [0.5, 0.6) is 0 Å². The number of anilines is 1. The van der Waals surface area contributed by atoms with Crippen molar-refractivity contribution in [2.24, 2.45) is 4.99 Å². The zero-order chi connectivity index (χ0) is 18.7. The molecule has 0 unspecified atom stereocenters. The zero-order valence-electron chi connectivity index (χ0n) is 13.8. The molecule has 0 aliphatic carbocycles. The number of carbonyl (C=O) groups excluding carboxylic acids is 2. The predicted octanol–water partition coefficient (Wildman–Crippen LogP) is 4.07. The summed E-state index contributed by atoms with van der Waals surface area (Å²) in [5.41, 5.74) is 0.713. The van der Waals surface area contributed by atoms with Crippen molar-refractivity contribution in [1.29, 1.82) is 0 Å². The highest BCUT2D eigenvalue weighted by atomic mass is 35.5. The van der Waals surface area contributed by atoms with Gasteiger partial charge in [-0.2, -0.15) is 0 Å². The first-order chi connectivity index (χ1) is 12.4. The van der Waals surface area contributed by atoms with Crippen LogP contribution in [0.3, 0.4) is 0 Å². The maximum atomic E-state index is 13.6. The van der Waals surface area contributed by atoms with Gasteiger partial charge >= 0.3 is 0 Å². The van der Waals surface area contributed by atoms with Crippen LogP contribution in [0.1, 0.15) is 6.42 Å². The number of benzene rings is 2. The third-order valence-corrected chi connectivity index (χ3v) is 5.16. The number of amides is 2. The van der Waals surface area contributed by atoms with E-state index in [9.17, 15) is 14.0 Å². The highest BCUT2D eigenvalue weighted by Crippen LogP contribution is 2.31. The molecule has 1 N–H and O–H groups in total. The SMILES string of the molecule is CN1C(=O)[C@@H](CC(=O)Nc2ccccc2F)SC1=Nc1cccc(Cl)c1. The van der Waals surface area contributed by atoms with Crippen molar-refractivity contribution in [2.75, 3.05) is 12.4 Å². The van der Waals surface area contributed by atoms with Crippen LogP contribution in [0, 0.1) is 5.82 Å². The molecule has 0 bridgehead atoms. The summed E-state index contributed by atoms with van der Waals surface area (Å²) in [6.07, 6.45) is -0.0727. The number of nitrogens with one attached hydrogen (secondary N) is 1. The van der Waals surface area contributed by atoms with E-state index in [1.54, 1.807) is 37.4 Å². The fourth-order valence-corrected chi connectivity index (χ4v) is 3.72. The number of amidine groups is 1. The molecule has 1 fully saturated rings. The molecule has 5 nitrogen and oxygen atoms in total. The van der Waals surface area contributed by atoms with Crippen LogP contribution in [0.2, 0.25) is 5.02 Å². The van der Waals surface area contributed by atoms with E-state index in [0.717, 1.165) is 0 Å². The monoisotopic (exact) mass is 391 g/mol. The Kier molecular flexibility index (Phi) is 5.58. The summed E-state index contributed by atoms with van der Waals surface area (Å²) in [4.78, 5) is 30.4. The third-order valence-electron chi connectivity index (χ3n) is 3.69. The molecule has 1 aliphatic rings. The summed E-state index contributed by atoms with van der Waals surface area (Å²) in [6, 6.07) is 12.8. The van der Waals surface area contributed by atoms with Crippen molar-refractivity contribution >= 4 is 51.7 Å². The van der Waals surface area contributed by atoms with Crippen LogP contribution in [-0.2, 0) is 9.59 Å². The Bertz CT molecular complexity index is 890. The van der Waals surface area contributed by atoms with Gasteiger partial charge < -0.3 is 5.32 Å². The van der Waals surface area contributed by atoms with E-state index in [0.29, 0.717) is 15.9 Å². The smallest absolute Gasteiger partial charge is 0.242 e. The van der Waals surface area contributed by atoms with Crippen molar-refractivity contribution in [3.8, 4) is 0 Å². The molecule has 1 heterocycles. The Labute approximate surface area is 159 Å². The van der Waals surface area contributed by atoms with E-state index in [1.165, 1.54) is 34.9 Å². The van der Waals surface area contributed by atoms with Gasteiger partial charge in [0.25, 0.3) is 0 Å². The molecule has 0 saturated carbocycles. The minimum absolute atomic E-state index is 0.0727. The van der Waals surface area contributed by atoms with Crippen LogP contribution in [-0.4, -0.2) is 34.2 Å². The maximum absolute atomic E-state index is 13.6. The van der Waals surface area contributed by atoms with Gasteiger partial charge in [0, 0.05) is 18.5 Å². The summed E-state index contributed by atoms with van der Waals surface area (Å²) in [5.74, 6) is -1.18. The van der Waals surface area contributed by atoms with E-state index >= 15 is 0 Å². The normalized spacial score (nSPS) is 18.4. The summed E-state index contributed by atoms with van der Waals surface area (Å²) < 4.78 is 13.6. The summed E-state index contributed by atoms with van der Waals surface area (Å²) in [7, 11) is 1.60. The van der Waals surface area contributed by atoms with Gasteiger partial charge in [0.15, 0.2) is 5.17 Å². The largest absolute Gasteiger partial charge is 0.324 e. The van der Waals surface area contributed by atoms with Crippen molar-refractivity contribution in [3.05, 3.63) is 59.4 Å². The fourth-order valence-electron chi connectivity index (χ4n) is 2.39. The molecule has 0 radical (unpaired) electrons. The topological polar surface area (TPSA) is 61.8 Å². The van der Waals surface area contributed by atoms with Crippen LogP contribution in [0.25, 0.3) is 0 Å². The second-order valence-electron chi connectivity index (χ2n) is 5.61. The minimum Gasteiger partial charge on any atom is -0.324 e. The van der Waals surface area contributed by atoms with Gasteiger partial charge in [0.05, 0.1) is 11.4 Å². The lowest BCUT2D eigenvalue weighted by molar-refractivity contribution is -0.127. The summed E-state index contributed by atoms with van der Waals surface area (Å²) >= 11 is 7.14. The second-order valence-corrected chi connectivity index (χ2v) is 7.22. The van der Waals surface area contributed by atoms with Gasteiger partial charge in [-0.05, 0) is 30.3 Å². The molecule has 26 heavy (non-hydrogen) atoms. The Morgan fingerprint density at radius 1 is 1.31 bits per heavy atom. The van der Waals surface area contributed by atoms with Crippen LogP contribution in [0.15, 0.2) is 53.5 Å². The first-order valence-electron chi connectivity index (χ1n) is 7.77. The molecule has 2 amide bonds. The number of hydrogen-bond donors (Lipinski definition) is 1. The number of halogens is 2. The van der Waals surface area contributed by atoms with Crippen molar-refractivity contribution in [2.45, 2.75) is 11.7 Å². The average molecular weight is 392 g/mol. The molecular weight excluding hydrogens is 377 g/mol. The third kappa shape index (κ3) is 4.23. The first-order valence-corrected chi connectivity index (χ1v) is 9.02. The van der Waals surface area contributed by atoms with E-state index in [1.807, 2.05) is 0 Å². The molecule has 8 heteroatoms. The van der Waals surface area contributed by atoms with E-state index in [-0.39, 0.29) is 18.0 Å². The van der Waals surface area contributed by atoms with Crippen LogP contribution >= 0.6 is 23.4 Å². The van der Waals surface area contributed by atoms with E-state index in [4.69, 9.17) is 11.6 Å². The standard InChI is InChI=1S/C18H15ClFN3O2S/c1-23-17(25)15(10-16(24)22-14-8-3-2-7-13(14)20)26-18(23)21-12-6-4-5-11(19)9-12/h2-9,15H,10H2,1H3,(H,22,24)/t15-/m1/s1. The van der Waals surface area contributed by atoms with Gasteiger partial charge in [0.2, 0.25) is 11.8 Å². The first kappa shape index (κ1) is 18.4. The molecule has 0 aromatic heterocycles. The Balaban J connectivity index is 1.69. The van der Waals surface area contributed by atoms with Crippen molar-refractivity contribution in [1.82, 2.24) is 4.90 Å². The molecule has 134 valence electrons. The number of nitrogens with zero attached hydrogens (tertiary/aromatic N) is 2. The Hall–Kier alpha value is -2.38. The van der Waals surface area contributed by atoms with Gasteiger partial charge in [-0.1, -0.05) is 41.6 Å². The Morgan fingerprint density at radius 2 is 2.08 bits per heavy atom. The predicted molar refractivity (Wildman–Crippen MR) is 102 cm³/mol.